The summed E-state index contributed by atoms with van der Waals surface area (Å²) in [5.41, 5.74) is 0.781. The molecule has 1 aromatic rings. The highest BCUT2D eigenvalue weighted by Gasteiger charge is 2.51. The molecular formula is C20H30N2O4. The molecule has 1 aromatic heterocycles. The molecule has 144 valence electrons. The maximum atomic E-state index is 12.0. The van der Waals surface area contributed by atoms with Gasteiger partial charge >= 0.3 is 0 Å². The third-order valence-corrected chi connectivity index (χ3v) is 6.45. The number of hydrogen-bond donors (Lipinski definition) is 1. The van der Waals surface area contributed by atoms with E-state index in [1.54, 1.807) is 12.3 Å². The van der Waals surface area contributed by atoms with Crippen molar-refractivity contribution in [3.8, 4) is 5.75 Å². The summed E-state index contributed by atoms with van der Waals surface area (Å²) in [6, 6.07) is 1.99. The predicted octanol–water partition coefficient (Wildman–Crippen LogP) is 2.32. The molecule has 0 amide bonds. The molecule has 26 heavy (non-hydrogen) atoms. The first-order chi connectivity index (χ1) is 12.6. The van der Waals surface area contributed by atoms with Gasteiger partial charge in [-0.05, 0) is 44.4 Å². The number of nitrogens with one attached hydrogen (secondary N) is 1. The van der Waals surface area contributed by atoms with Gasteiger partial charge in [-0.25, -0.2) is 0 Å². The molecule has 3 fully saturated rings. The third-order valence-electron chi connectivity index (χ3n) is 6.45. The van der Waals surface area contributed by atoms with Crippen LogP contribution >= 0.6 is 0 Å². The van der Waals surface area contributed by atoms with Gasteiger partial charge in [0, 0.05) is 50.8 Å². The standard InChI is InChI=1S/C20H30N2O4/c1-24-18-11-21-15(9-17(18)23)12-22-8-7-20(25-2)6-5-16(10-19(20)22)26-13-14-3-4-14/h9,11,14,16,19H,3-8,10,12-13H2,1-2H3,(H,21,23). The molecule has 0 aromatic carbocycles. The second kappa shape index (κ2) is 7.33. The van der Waals surface area contributed by atoms with Gasteiger partial charge in [-0.1, -0.05) is 0 Å². The molecule has 0 spiro atoms. The van der Waals surface area contributed by atoms with Crippen molar-refractivity contribution in [2.75, 3.05) is 27.4 Å². The number of methoxy groups -OCH3 is 2. The van der Waals surface area contributed by atoms with E-state index in [2.05, 4.69) is 9.88 Å². The zero-order chi connectivity index (χ0) is 18.1. The summed E-state index contributed by atoms with van der Waals surface area (Å²) in [5, 5.41) is 0. The third kappa shape index (κ3) is 3.55. The van der Waals surface area contributed by atoms with Crippen LogP contribution in [0.3, 0.4) is 0 Å². The average molecular weight is 362 g/mol. The lowest BCUT2D eigenvalue weighted by atomic mass is 9.79. The number of aromatic amines is 1. The molecule has 2 saturated carbocycles. The number of H-pyrrole nitrogens is 1. The summed E-state index contributed by atoms with van der Waals surface area (Å²) in [6.45, 7) is 2.63. The van der Waals surface area contributed by atoms with Crippen molar-refractivity contribution in [1.29, 1.82) is 0 Å². The van der Waals surface area contributed by atoms with E-state index in [1.807, 2.05) is 7.11 Å². The van der Waals surface area contributed by atoms with E-state index in [-0.39, 0.29) is 11.0 Å². The van der Waals surface area contributed by atoms with Crippen LogP contribution in [0.5, 0.6) is 5.75 Å². The number of fused-ring (bicyclic) bond motifs is 1. The quantitative estimate of drug-likeness (QED) is 0.806. The monoisotopic (exact) mass is 362 g/mol. The lowest BCUT2D eigenvalue weighted by Crippen LogP contribution is -2.51. The Bertz CT molecular complexity index is 687. The Kier molecular flexibility index (Phi) is 5.08. The molecule has 6 heteroatoms. The van der Waals surface area contributed by atoms with Crippen molar-refractivity contribution in [2.24, 2.45) is 5.92 Å². The number of ether oxygens (including phenoxy) is 3. The van der Waals surface area contributed by atoms with Crippen LogP contribution < -0.4 is 10.2 Å². The summed E-state index contributed by atoms with van der Waals surface area (Å²) in [5.74, 6) is 1.15. The van der Waals surface area contributed by atoms with Crippen LogP contribution in [-0.4, -0.2) is 55.0 Å². The molecule has 3 aliphatic rings. The lowest BCUT2D eigenvalue weighted by Gasteiger charge is -2.43. The number of hydrogen-bond acceptors (Lipinski definition) is 5. The Balaban J connectivity index is 1.45. The first kappa shape index (κ1) is 18.0. The van der Waals surface area contributed by atoms with Crippen LogP contribution in [0.15, 0.2) is 17.1 Å². The number of rotatable bonds is 7. The lowest BCUT2D eigenvalue weighted by molar-refractivity contribution is -0.103. The van der Waals surface area contributed by atoms with Gasteiger partial charge in [0.15, 0.2) is 5.75 Å². The summed E-state index contributed by atoms with van der Waals surface area (Å²) in [7, 11) is 3.36. The zero-order valence-electron chi connectivity index (χ0n) is 15.8. The van der Waals surface area contributed by atoms with Gasteiger partial charge in [0.25, 0.3) is 0 Å². The molecule has 3 atom stereocenters. The van der Waals surface area contributed by atoms with Gasteiger partial charge in [0.2, 0.25) is 5.43 Å². The first-order valence-corrected chi connectivity index (χ1v) is 9.80. The van der Waals surface area contributed by atoms with Gasteiger partial charge in [-0.2, -0.15) is 0 Å². The molecule has 2 aliphatic carbocycles. The molecule has 4 rings (SSSR count). The van der Waals surface area contributed by atoms with Gasteiger partial charge in [-0.3, -0.25) is 9.69 Å². The molecule has 0 radical (unpaired) electrons. The smallest absolute Gasteiger partial charge is 0.223 e. The zero-order valence-corrected chi connectivity index (χ0v) is 15.8. The van der Waals surface area contributed by atoms with Crippen molar-refractivity contribution < 1.29 is 14.2 Å². The van der Waals surface area contributed by atoms with Crippen molar-refractivity contribution in [1.82, 2.24) is 9.88 Å². The van der Waals surface area contributed by atoms with Crippen LogP contribution in [0.25, 0.3) is 0 Å². The SMILES string of the molecule is COc1c[nH]c(CN2CCC3(OC)CCC(OCC4CC4)CC23)cc1=O. The molecule has 1 aliphatic heterocycles. The predicted molar refractivity (Wildman–Crippen MR) is 98.5 cm³/mol. The largest absolute Gasteiger partial charge is 0.491 e. The Morgan fingerprint density at radius 1 is 1.27 bits per heavy atom. The Morgan fingerprint density at radius 3 is 2.81 bits per heavy atom. The highest BCUT2D eigenvalue weighted by atomic mass is 16.5. The number of pyridine rings is 1. The minimum atomic E-state index is -0.0762. The summed E-state index contributed by atoms with van der Waals surface area (Å²) in [4.78, 5) is 17.7. The molecule has 3 unspecified atom stereocenters. The number of likely N-dealkylation sites (tertiary alicyclic amines) is 1. The van der Waals surface area contributed by atoms with Gasteiger partial charge in [0.05, 0.1) is 18.8 Å². The second-order valence-electron chi connectivity index (χ2n) is 8.07. The van der Waals surface area contributed by atoms with E-state index in [1.165, 1.54) is 20.0 Å². The molecule has 1 N–H and O–H groups in total. The van der Waals surface area contributed by atoms with E-state index in [9.17, 15) is 4.79 Å². The number of nitrogens with zero attached hydrogens (tertiary/aromatic N) is 1. The van der Waals surface area contributed by atoms with E-state index < -0.39 is 0 Å². The van der Waals surface area contributed by atoms with Crippen LogP contribution in [0.1, 0.15) is 44.2 Å². The Labute approximate surface area is 154 Å². The highest BCUT2D eigenvalue weighted by Crippen LogP contribution is 2.44. The van der Waals surface area contributed by atoms with E-state index in [0.717, 1.165) is 57.0 Å². The topological polar surface area (TPSA) is 63.8 Å². The van der Waals surface area contributed by atoms with Gasteiger partial charge < -0.3 is 19.2 Å². The minimum Gasteiger partial charge on any atom is -0.491 e. The van der Waals surface area contributed by atoms with Crippen molar-refractivity contribution in [2.45, 2.75) is 62.8 Å². The highest BCUT2D eigenvalue weighted by molar-refractivity contribution is 5.20. The Hall–Kier alpha value is -1.37. The Morgan fingerprint density at radius 2 is 2.12 bits per heavy atom. The molecular weight excluding hydrogens is 332 g/mol. The van der Waals surface area contributed by atoms with E-state index >= 15 is 0 Å². The second-order valence-corrected chi connectivity index (χ2v) is 8.07. The van der Waals surface area contributed by atoms with Crippen molar-refractivity contribution in [3.63, 3.8) is 0 Å². The minimum absolute atomic E-state index is 0.0633. The maximum absolute atomic E-state index is 12.0. The van der Waals surface area contributed by atoms with Crippen LogP contribution in [0, 0.1) is 5.92 Å². The summed E-state index contributed by atoms with van der Waals surface area (Å²) in [6.07, 6.45) is 8.84. The molecule has 6 nitrogen and oxygen atoms in total. The van der Waals surface area contributed by atoms with Crippen molar-refractivity contribution >= 4 is 0 Å². The fraction of sp³-hybridized carbons (Fsp3) is 0.750. The first-order valence-electron chi connectivity index (χ1n) is 9.80. The van der Waals surface area contributed by atoms with E-state index in [0.29, 0.717) is 17.9 Å². The molecule has 0 bridgehead atoms. The van der Waals surface area contributed by atoms with Gasteiger partial charge in [-0.15, -0.1) is 0 Å². The fourth-order valence-electron chi connectivity index (χ4n) is 4.62. The summed E-state index contributed by atoms with van der Waals surface area (Å²) >= 11 is 0. The molecule has 2 heterocycles. The average Bonchev–Trinajstić information content (AvgIpc) is 3.42. The van der Waals surface area contributed by atoms with Crippen LogP contribution in [-0.2, 0) is 16.0 Å². The van der Waals surface area contributed by atoms with Crippen LogP contribution in [0.2, 0.25) is 0 Å². The fourth-order valence-corrected chi connectivity index (χ4v) is 4.62. The van der Waals surface area contributed by atoms with Crippen LogP contribution in [0.4, 0.5) is 0 Å². The van der Waals surface area contributed by atoms with E-state index in [4.69, 9.17) is 14.2 Å². The maximum Gasteiger partial charge on any atom is 0.223 e. The molecule has 1 saturated heterocycles. The van der Waals surface area contributed by atoms with Gasteiger partial charge in [0.1, 0.15) is 0 Å². The summed E-state index contributed by atoms with van der Waals surface area (Å²) < 4.78 is 17.3. The van der Waals surface area contributed by atoms with Crippen molar-refractivity contribution in [3.05, 3.63) is 28.2 Å². The normalized spacial score (nSPS) is 31.8. The number of aromatic nitrogens is 1.